The molecule has 0 aliphatic heterocycles. The fraction of sp³-hybridized carbons (Fsp3) is 0.364. The number of hydrogen-bond donors (Lipinski definition) is 0. The van der Waals surface area contributed by atoms with Crippen LogP contribution in [0.5, 0.6) is 0 Å². The third-order valence-corrected chi connectivity index (χ3v) is 1.99. The molecular formula is C11H14O3. The average Bonchev–Trinajstić information content (AvgIpc) is 2.20. The van der Waals surface area contributed by atoms with Gasteiger partial charge in [0.1, 0.15) is 0 Å². The van der Waals surface area contributed by atoms with Crippen LogP contribution < -0.4 is 0 Å². The average molecular weight is 194 g/mol. The minimum Gasteiger partial charge on any atom is -0.352 e. The number of carbonyl (C=O) groups excluding carboxylic acids is 1. The molecule has 3 heteroatoms. The number of carbonyl (C=O) groups is 1. The maximum absolute atomic E-state index is 11.1. The van der Waals surface area contributed by atoms with Crippen LogP contribution in [0.3, 0.4) is 0 Å². The van der Waals surface area contributed by atoms with E-state index in [2.05, 4.69) is 0 Å². The predicted octanol–water partition coefficient (Wildman–Crippen LogP) is 2.18. The van der Waals surface area contributed by atoms with Crippen LogP contribution in [0.2, 0.25) is 0 Å². The van der Waals surface area contributed by atoms with Gasteiger partial charge < -0.3 is 9.47 Å². The maximum atomic E-state index is 11.1. The summed E-state index contributed by atoms with van der Waals surface area (Å²) in [4.78, 5) is 11.1. The van der Waals surface area contributed by atoms with Gasteiger partial charge in [-0.05, 0) is 13.0 Å². The van der Waals surface area contributed by atoms with Crippen molar-refractivity contribution in [3.63, 3.8) is 0 Å². The number of ketones is 1. The molecule has 0 atom stereocenters. The Bertz CT molecular complexity index is 316. The van der Waals surface area contributed by atoms with E-state index in [0.717, 1.165) is 5.56 Å². The molecule has 0 aliphatic carbocycles. The van der Waals surface area contributed by atoms with E-state index < -0.39 is 6.29 Å². The first kappa shape index (κ1) is 10.9. The second-order valence-electron chi connectivity index (χ2n) is 2.98. The fourth-order valence-corrected chi connectivity index (χ4v) is 1.27. The molecular weight excluding hydrogens is 180 g/mol. The SMILES string of the molecule is COC(OC)c1cccc(C(C)=O)c1. The Morgan fingerprint density at radius 2 is 1.93 bits per heavy atom. The molecule has 76 valence electrons. The number of Topliss-reactive ketones (excluding diaryl/α,β-unsaturated/α-hetero) is 1. The van der Waals surface area contributed by atoms with Crippen LogP contribution in [0, 0.1) is 0 Å². The molecule has 0 radical (unpaired) electrons. The van der Waals surface area contributed by atoms with Crippen LogP contribution in [-0.2, 0) is 9.47 Å². The maximum Gasteiger partial charge on any atom is 0.183 e. The lowest BCUT2D eigenvalue weighted by Crippen LogP contribution is -2.04. The molecule has 1 rings (SSSR count). The molecule has 0 amide bonds. The summed E-state index contributed by atoms with van der Waals surface area (Å²) in [6.07, 6.45) is -0.408. The van der Waals surface area contributed by atoms with Crippen molar-refractivity contribution < 1.29 is 14.3 Å². The first-order valence-electron chi connectivity index (χ1n) is 4.35. The highest BCUT2D eigenvalue weighted by Crippen LogP contribution is 2.18. The van der Waals surface area contributed by atoms with Crippen LogP contribution in [-0.4, -0.2) is 20.0 Å². The monoisotopic (exact) mass is 194 g/mol. The smallest absolute Gasteiger partial charge is 0.183 e. The molecule has 0 aromatic heterocycles. The van der Waals surface area contributed by atoms with Crippen molar-refractivity contribution in [2.75, 3.05) is 14.2 Å². The van der Waals surface area contributed by atoms with Gasteiger partial charge in [-0.1, -0.05) is 18.2 Å². The normalized spacial score (nSPS) is 10.6. The van der Waals surface area contributed by atoms with Gasteiger partial charge in [0.25, 0.3) is 0 Å². The van der Waals surface area contributed by atoms with Crippen molar-refractivity contribution in [2.45, 2.75) is 13.2 Å². The molecule has 0 bridgehead atoms. The summed E-state index contributed by atoms with van der Waals surface area (Å²) in [5, 5.41) is 0. The topological polar surface area (TPSA) is 35.5 Å². The molecule has 0 unspecified atom stereocenters. The minimum atomic E-state index is -0.408. The quantitative estimate of drug-likeness (QED) is 0.544. The summed E-state index contributed by atoms with van der Waals surface area (Å²) in [6, 6.07) is 7.23. The Kier molecular flexibility index (Phi) is 3.80. The number of ether oxygens (including phenoxy) is 2. The van der Waals surface area contributed by atoms with E-state index in [1.165, 1.54) is 6.92 Å². The van der Waals surface area contributed by atoms with E-state index in [4.69, 9.17) is 9.47 Å². The predicted molar refractivity (Wildman–Crippen MR) is 53.2 cm³/mol. The molecule has 14 heavy (non-hydrogen) atoms. The minimum absolute atomic E-state index is 0.0396. The summed E-state index contributed by atoms with van der Waals surface area (Å²) >= 11 is 0. The van der Waals surface area contributed by atoms with Crippen molar-refractivity contribution in [1.82, 2.24) is 0 Å². The van der Waals surface area contributed by atoms with Crippen molar-refractivity contribution in [3.05, 3.63) is 35.4 Å². The number of rotatable bonds is 4. The van der Waals surface area contributed by atoms with Crippen molar-refractivity contribution >= 4 is 5.78 Å². The van der Waals surface area contributed by atoms with Crippen LogP contribution in [0.1, 0.15) is 29.1 Å². The number of hydrogen-bond acceptors (Lipinski definition) is 3. The van der Waals surface area contributed by atoms with Crippen LogP contribution in [0.25, 0.3) is 0 Å². The van der Waals surface area contributed by atoms with Crippen molar-refractivity contribution in [1.29, 1.82) is 0 Å². The van der Waals surface area contributed by atoms with E-state index >= 15 is 0 Å². The molecule has 0 spiro atoms. The van der Waals surface area contributed by atoms with Gasteiger partial charge in [0.15, 0.2) is 12.1 Å². The summed E-state index contributed by atoms with van der Waals surface area (Å²) in [6.45, 7) is 1.54. The number of benzene rings is 1. The van der Waals surface area contributed by atoms with Gasteiger partial charge in [0.05, 0.1) is 0 Å². The Morgan fingerprint density at radius 3 is 2.43 bits per heavy atom. The van der Waals surface area contributed by atoms with E-state index in [1.54, 1.807) is 26.4 Å². The molecule has 3 nitrogen and oxygen atoms in total. The van der Waals surface area contributed by atoms with Gasteiger partial charge in [-0.15, -0.1) is 0 Å². The zero-order valence-corrected chi connectivity index (χ0v) is 8.61. The van der Waals surface area contributed by atoms with E-state index in [0.29, 0.717) is 5.56 Å². The van der Waals surface area contributed by atoms with Crippen LogP contribution in [0.4, 0.5) is 0 Å². The summed E-state index contributed by atoms with van der Waals surface area (Å²) in [5.74, 6) is 0.0396. The molecule has 0 fully saturated rings. The largest absolute Gasteiger partial charge is 0.352 e. The first-order valence-corrected chi connectivity index (χ1v) is 4.35. The fourth-order valence-electron chi connectivity index (χ4n) is 1.27. The molecule has 1 aromatic rings. The highest BCUT2D eigenvalue weighted by Gasteiger charge is 2.09. The van der Waals surface area contributed by atoms with Crippen molar-refractivity contribution in [3.8, 4) is 0 Å². The molecule has 0 saturated carbocycles. The Morgan fingerprint density at radius 1 is 1.29 bits per heavy atom. The first-order chi connectivity index (χ1) is 6.69. The van der Waals surface area contributed by atoms with E-state index in [1.807, 2.05) is 12.1 Å². The standard InChI is InChI=1S/C11H14O3/c1-8(12)9-5-4-6-10(7-9)11(13-2)14-3/h4-7,11H,1-3H3. The summed E-state index contributed by atoms with van der Waals surface area (Å²) < 4.78 is 10.2. The molecule has 0 heterocycles. The van der Waals surface area contributed by atoms with E-state index in [9.17, 15) is 4.79 Å². The molecule has 0 N–H and O–H groups in total. The Hall–Kier alpha value is -1.19. The molecule has 0 aliphatic rings. The third-order valence-electron chi connectivity index (χ3n) is 1.99. The van der Waals surface area contributed by atoms with Gasteiger partial charge in [0, 0.05) is 25.3 Å². The Balaban J connectivity index is 2.98. The second-order valence-corrected chi connectivity index (χ2v) is 2.98. The lowest BCUT2D eigenvalue weighted by Gasteiger charge is -2.13. The lowest BCUT2D eigenvalue weighted by molar-refractivity contribution is -0.106. The lowest BCUT2D eigenvalue weighted by atomic mass is 10.1. The van der Waals surface area contributed by atoms with Gasteiger partial charge in [-0.3, -0.25) is 4.79 Å². The summed E-state index contributed by atoms with van der Waals surface area (Å²) in [5.41, 5.74) is 1.52. The van der Waals surface area contributed by atoms with Gasteiger partial charge in [-0.25, -0.2) is 0 Å². The number of methoxy groups -OCH3 is 2. The zero-order chi connectivity index (χ0) is 10.6. The highest BCUT2D eigenvalue weighted by atomic mass is 16.7. The molecule has 1 aromatic carbocycles. The van der Waals surface area contributed by atoms with Crippen LogP contribution >= 0.6 is 0 Å². The highest BCUT2D eigenvalue weighted by molar-refractivity contribution is 5.94. The second kappa shape index (κ2) is 4.88. The van der Waals surface area contributed by atoms with Crippen molar-refractivity contribution in [2.24, 2.45) is 0 Å². The van der Waals surface area contributed by atoms with Gasteiger partial charge in [0.2, 0.25) is 0 Å². The van der Waals surface area contributed by atoms with E-state index in [-0.39, 0.29) is 5.78 Å². The molecule has 0 saturated heterocycles. The van der Waals surface area contributed by atoms with Gasteiger partial charge >= 0.3 is 0 Å². The van der Waals surface area contributed by atoms with Gasteiger partial charge in [-0.2, -0.15) is 0 Å². The summed E-state index contributed by atoms with van der Waals surface area (Å²) in [7, 11) is 3.13. The Labute approximate surface area is 83.6 Å². The zero-order valence-electron chi connectivity index (χ0n) is 8.61. The third kappa shape index (κ3) is 2.40. The van der Waals surface area contributed by atoms with Crippen LogP contribution in [0.15, 0.2) is 24.3 Å².